The van der Waals surface area contributed by atoms with E-state index in [1.165, 1.54) is 9.14 Å². The number of aliphatic imine (C=N–C) groups is 1. The Labute approximate surface area is 113 Å². The molecule has 0 aromatic carbocycles. The van der Waals surface area contributed by atoms with Crippen molar-refractivity contribution >= 4 is 33.8 Å². The van der Waals surface area contributed by atoms with Gasteiger partial charge in [-0.15, -0.1) is 0 Å². The van der Waals surface area contributed by atoms with E-state index in [9.17, 15) is 0 Å². The summed E-state index contributed by atoms with van der Waals surface area (Å²) in [4.78, 5) is 18.2. The Morgan fingerprint density at radius 1 is 1.39 bits per heavy atom. The van der Waals surface area contributed by atoms with Crippen molar-refractivity contribution in [1.82, 2.24) is 4.98 Å². The zero-order valence-corrected chi connectivity index (χ0v) is 14.7. The van der Waals surface area contributed by atoms with Crippen LogP contribution in [0.1, 0.15) is 12.5 Å². The molecule has 1 aliphatic heterocycles. The minimum absolute atomic E-state index is 0.634. The Kier molecular flexibility index (Phi) is 3.84. The molecule has 0 aliphatic carbocycles. The number of anilines is 1. The molecule has 1 aromatic rings. The van der Waals surface area contributed by atoms with E-state index in [1.54, 1.807) is 0 Å². The number of rotatable bonds is 2. The van der Waals surface area contributed by atoms with Crippen LogP contribution < -0.4 is 8.48 Å². The van der Waals surface area contributed by atoms with Crippen LogP contribution in [0.15, 0.2) is 17.3 Å². The van der Waals surface area contributed by atoms with Gasteiger partial charge in [-0.25, -0.2) is 0 Å². The number of ether oxygens (including phenoxy) is 1. The second-order valence-corrected chi connectivity index (χ2v) is 20.0. The maximum absolute atomic E-state index is 5.50. The number of nitrogens with zero attached hydrogens (tertiary/aromatic N) is 3. The summed E-state index contributed by atoms with van der Waals surface area (Å²) >= 11 is -2.04. The normalized spacial score (nSPS) is 15.2. The molecule has 0 unspecified atom stereocenters. The first kappa shape index (κ1) is 13.6. The fourth-order valence-electron chi connectivity index (χ4n) is 1.95. The first-order valence-corrected chi connectivity index (χ1v) is 16.3. The van der Waals surface area contributed by atoms with Gasteiger partial charge in [0.2, 0.25) is 0 Å². The summed E-state index contributed by atoms with van der Waals surface area (Å²) in [5.74, 6) is 0.979. The molecule has 5 heteroatoms. The molecule has 1 aromatic heterocycles. The summed E-state index contributed by atoms with van der Waals surface area (Å²) in [6, 6.07) is 2.96. The Balaban J connectivity index is 2.34. The average Bonchev–Trinajstić information content (AvgIpc) is 2.31. The van der Waals surface area contributed by atoms with E-state index in [1.807, 2.05) is 25.1 Å². The molecule has 2 rings (SSSR count). The van der Waals surface area contributed by atoms with Crippen LogP contribution in [-0.4, -0.2) is 43.0 Å². The number of hydrogen-bond acceptors (Lipinski definition) is 4. The van der Waals surface area contributed by atoms with Crippen molar-refractivity contribution < 1.29 is 4.74 Å². The number of hydrogen-bond donors (Lipinski definition) is 0. The van der Waals surface area contributed by atoms with Gasteiger partial charge in [0.15, 0.2) is 0 Å². The van der Waals surface area contributed by atoms with Crippen molar-refractivity contribution in [3.63, 3.8) is 0 Å². The van der Waals surface area contributed by atoms with Crippen molar-refractivity contribution in [2.75, 3.05) is 18.6 Å². The SMILES string of the molecule is CCOC1=NCc2c[c]([Sn]([CH3])([CH3])[CH3])cnc2N1C. The van der Waals surface area contributed by atoms with Crippen LogP contribution in [0, 0.1) is 0 Å². The summed E-state index contributed by atoms with van der Waals surface area (Å²) in [5, 5.41) is 0. The van der Waals surface area contributed by atoms with Crippen LogP contribution in [0.4, 0.5) is 5.82 Å². The van der Waals surface area contributed by atoms with Crippen molar-refractivity contribution in [3.8, 4) is 0 Å². The van der Waals surface area contributed by atoms with E-state index in [-0.39, 0.29) is 0 Å². The molecule has 1 aliphatic rings. The van der Waals surface area contributed by atoms with Crippen molar-refractivity contribution in [2.45, 2.75) is 28.3 Å². The van der Waals surface area contributed by atoms with Gasteiger partial charge in [0.05, 0.1) is 0 Å². The van der Waals surface area contributed by atoms with Gasteiger partial charge in [-0.3, -0.25) is 0 Å². The summed E-state index contributed by atoms with van der Waals surface area (Å²) in [6.45, 7) is 3.28. The quantitative estimate of drug-likeness (QED) is 0.763. The van der Waals surface area contributed by atoms with E-state index in [0.29, 0.717) is 19.2 Å². The zero-order valence-electron chi connectivity index (χ0n) is 11.8. The van der Waals surface area contributed by atoms with Gasteiger partial charge in [0.25, 0.3) is 0 Å². The Bertz CT molecular complexity index is 480. The van der Waals surface area contributed by atoms with Crippen molar-refractivity contribution in [1.29, 1.82) is 0 Å². The summed E-state index contributed by atoms with van der Waals surface area (Å²) in [5.41, 5.74) is 1.21. The monoisotopic (exact) mass is 355 g/mol. The van der Waals surface area contributed by atoms with Crippen LogP contribution in [-0.2, 0) is 11.3 Å². The zero-order chi connectivity index (χ0) is 13.3. The molecular weight excluding hydrogens is 333 g/mol. The average molecular weight is 354 g/mol. The Hall–Kier alpha value is -0.781. The number of amidine groups is 1. The molecule has 0 amide bonds. The van der Waals surface area contributed by atoms with Gasteiger partial charge in [-0.1, -0.05) is 0 Å². The van der Waals surface area contributed by atoms with E-state index < -0.39 is 18.4 Å². The molecule has 0 saturated carbocycles. The van der Waals surface area contributed by atoms with Gasteiger partial charge in [-0.2, -0.15) is 0 Å². The number of fused-ring (bicyclic) bond motifs is 1. The van der Waals surface area contributed by atoms with E-state index in [2.05, 4.69) is 30.9 Å². The molecule has 0 fully saturated rings. The van der Waals surface area contributed by atoms with Crippen LogP contribution in [0.25, 0.3) is 0 Å². The second-order valence-electron chi connectivity index (χ2n) is 5.55. The van der Waals surface area contributed by atoms with Crippen LogP contribution in [0.3, 0.4) is 0 Å². The van der Waals surface area contributed by atoms with Gasteiger partial charge >= 0.3 is 113 Å². The predicted octanol–water partition coefficient (Wildman–Crippen LogP) is 1.97. The van der Waals surface area contributed by atoms with Crippen molar-refractivity contribution in [2.24, 2.45) is 4.99 Å². The van der Waals surface area contributed by atoms with Gasteiger partial charge in [0, 0.05) is 0 Å². The standard InChI is InChI=1S/C10H12N3O.3CH3.Sn/c1-3-14-10-12-7-8-5-4-6-11-9(8)13(10)2;;;;/h5-6H,3,7H2,1-2H3;3*1H3;. The number of aromatic nitrogens is 1. The molecular formula is C13H21N3OSn. The third-order valence-corrected chi connectivity index (χ3v) is 8.80. The molecule has 0 N–H and O–H groups in total. The molecule has 2 heterocycles. The first-order chi connectivity index (χ1) is 8.43. The Morgan fingerprint density at radius 2 is 2.11 bits per heavy atom. The van der Waals surface area contributed by atoms with Gasteiger partial charge in [-0.05, 0) is 0 Å². The summed E-state index contributed by atoms with van der Waals surface area (Å²) in [7, 11) is 1.96. The van der Waals surface area contributed by atoms with E-state index in [4.69, 9.17) is 4.74 Å². The molecule has 0 radical (unpaired) electrons. The Morgan fingerprint density at radius 3 is 2.72 bits per heavy atom. The van der Waals surface area contributed by atoms with Crippen molar-refractivity contribution in [3.05, 3.63) is 17.8 Å². The molecule has 18 heavy (non-hydrogen) atoms. The minimum atomic E-state index is -2.04. The summed E-state index contributed by atoms with van der Waals surface area (Å²) in [6.07, 6.45) is 2.04. The van der Waals surface area contributed by atoms with Crippen LogP contribution in [0.2, 0.25) is 14.8 Å². The van der Waals surface area contributed by atoms with Gasteiger partial charge < -0.3 is 0 Å². The van der Waals surface area contributed by atoms with E-state index >= 15 is 0 Å². The fraction of sp³-hybridized carbons (Fsp3) is 0.538. The fourth-order valence-corrected chi connectivity index (χ4v) is 4.98. The molecule has 0 bridgehead atoms. The maximum atomic E-state index is 5.50. The van der Waals surface area contributed by atoms with E-state index in [0.717, 1.165) is 5.82 Å². The third kappa shape index (κ3) is 2.63. The topological polar surface area (TPSA) is 37.7 Å². The molecule has 0 atom stereocenters. The second kappa shape index (κ2) is 5.07. The third-order valence-electron chi connectivity index (χ3n) is 3.07. The summed E-state index contributed by atoms with van der Waals surface area (Å²) < 4.78 is 6.95. The van der Waals surface area contributed by atoms with Crippen LogP contribution in [0.5, 0.6) is 0 Å². The number of pyridine rings is 1. The molecule has 0 saturated heterocycles. The molecule has 98 valence electrons. The predicted molar refractivity (Wildman–Crippen MR) is 78.4 cm³/mol. The molecule has 4 nitrogen and oxygen atoms in total. The first-order valence-electron chi connectivity index (χ1n) is 6.34. The van der Waals surface area contributed by atoms with Gasteiger partial charge in [0.1, 0.15) is 0 Å². The van der Waals surface area contributed by atoms with Crippen LogP contribution >= 0.6 is 0 Å². The molecule has 0 spiro atoms.